The van der Waals surface area contributed by atoms with Crippen molar-refractivity contribution in [2.24, 2.45) is 0 Å². The van der Waals surface area contributed by atoms with Crippen LogP contribution < -0.4 is 10.1 Å². The van der Waals surface area contributed by atoms with Crippen molar-refractivity contribution in [2.75, 3.05) is 19.5 Å². The lowest BCUT2D eigenvalue weighted by atomic mass is 10.3. The summed E-state index contributed by atoms with van der Waals surface area (Å²) < 4.78 is 4.99. The fourth-order valence-corrected chi connectivity index (χ4v) is 0.758. The average Bonchev–Trinajstić information content (AvgIpc) is 2.17. The van der Waals surface area contributed by atoms with Crippen molar-refractivity contribution in [2.45, 2.75) is 6.92 Å². The zero-order valence-corrected chi connectivity index (χ0v) is 8.57. The molecule has 0 spiro atoms. The molecule has 0 saturated heterocycles. The molecule has 0 fully saturated rings. The van der Waals surface area contributed by atoms with Gasteiger partial charge in [0.25, 0.3) is 5.97 Å². The number of carbonyl (C=O) groups is 1. The molecule has 0 heterocycles. The number of rotatable bonds is 2. The highest BCUT2D eigenvalue weighted by molar-refractivity contribution is 5.62. The first-order valence-corrected chi connectivity index (χ1v) is 4.11. The monoisotopic (exact) mass is 197 g/mol. The van der Waals surface area contributed by atoms with Crippen molar-refractivity contribution < 1.29 is 14.6 Å². The number of benzene rings is 1. The third-order valence-electron chi connectivity index (χ3n) is 1.38. The second-order valence-corrected chi connectivity index (χ2v) is 2.50. The van der Waals surface area contributed by atoms with Crippen LogP contribution in [0.5, 0.6) is 5.75 Å². The summed E-state index contributed by atoms with van der Waals surface area (Å²) in [7, 11) is 3.55. The first-order valence-electron chi connectivity index (χ1n) is 4.11. The second-order valence-electron chi connectivity index (χ2n) is 2.50. The van der Waals surface area contributed by atoms with Crippen molar-refractivity contribution in [3.63, 3.8) is 0 Å². The third-order valence-corrected chi connectivity index (χ3v) is 1.38. The van der Waals surface area contributed by atoms with Gasteiger partial charge in [0.05, 0.1) is 7.11 Å². The van der Waals surface area contributed by atoms with Gasteiger partial charge in [-0.3, -0.25) is 4.79 Å². The number of carboxylic acids is 1. The van der Waals surface area contributed by atoms with Gasteiger partial charge in [0, 0.05) is 19.7 Å². The molecule has 0 aliphatic heterocycles. The fraction of sp³-hybridized carbons (Fsp3) is 0.300. The fourth-order valence-electron chi connectivity index (χ4n) is 0.758. The van der Waals surface area contributed by atoms with Gasteiger partial charge < -0.3 is 15.2 Å². The molecule has 0 aliphatic carbocycles. The van der Waals surface area contributed by atoms with Crippen LogP contribution in [-0.2, 0) is 4.79 Å². The van der Waals surface area contributed by atoms with Crippen LogP contribution in [0.1, 0.15) is 6.92 Å². The Balaban J connectivity index is 0.000000364. The van der Waals surface area contributed by atoms with E-state index in [1.165, 1.54) is 0 Å². The first-order chi connectivity index (χ1) is 6.60. The van der Waals surface area contributed by atoms with Crippen molar-refractivity contribution in [3.05, 3.63) is 24.3 Å². The summed E-state index contributed by atoms with van der Waals surface area (Å²) >= 11 is 0. The van der Waals surface area contributed by atoms with Crippen LogP contribution in [0.2, 0.25) is 0 Å². The standard InChI is InChI=1S/C8H11NO.C2H4O2/c1-9-7-3-5-8(10-2)6-4-7;1-2(3)4/h3-6,9H,1-2H3;1H3,(H,3,4). The van der Waals surface area contributed by atoms with E-state index in [4.69, 9.17) is 14.6 Å². The molecule has 4 heteroatoms. The summed E-state index contributed by atoms with van der Waals surface area (Å²) in [6.07, 6.45) is 0. The minimum atomic E-state index is -0.833. The van der Waals surface area contributed by atoms with Gasteiger partial charge in [0.1, 0.15) is 5.75 Å². The van der Waals surface area contributed by atoms with E-state index in [0.717, 1.165) is 18.4 Å². The number of hydrogen-bond acceptors (Lipinski definition) is 3. The van der Waals surface area contributed by atoms with Gasteiger partial charge in [-0.1, -0.05) is 0 Å². The van der Waals surface area contributed by atoms with Crippen LogP contribution in [0.4, 0.5) is 5.69 Å². The molecule has 0 saturated carbocycles. The highest BCUT2D eigenvalue weighted by atomic mass is 16.5. The highest BCUT2D eigenvalue weighted by Crippen LogP contribution is 2.13. The predicted octanol–water partition coefficient (Wildman–Crippen LogP) is 1.83. The summed E-state index contributed by atoms with van der Waals surface area (Å²) in [6, 6.07) is 7.79. The number of carboxylic acid groups (broad SMARTS) is 1. The van der Waals surface area contributed by atoms with Crippen LogP contribution in [0, 0.1) is 0 Å². The van der Waals surface area contributed by atoms with E-state index in [0.29, 0.717) is 0 Å². The summed E-state index contributed by atoms with van der Waals surface area (Å²) in [5.74, 6) is 0.0546. The first kappa shape index (κ1) is 12.3. The van der Waals surface area contributed by atoms with Crippen LogP contribution in [0.25, 0.3) is 0 Å². The van der Waals surface area contributed by atoms with E-state index in [1.807, 2.05) is 31.3 Å². The number of methoxy groups -OCH3 is 1. The van der Waals surface area contributed by atoms with E-state index in [-0.39, 0.29) is 0 Å². The van der Waals surface area contributed by atoms with Gasteiger partial charge in [0.15, 0.2) is 0 Å². The van der Waals surface area contributed by atoms with Gasteiger partial charge in [-0.15, -0.1) is 0 Å². The molecular weight excluding hydrogens is 182 g/mol. The molecule has 1 aromatic carbocycles. The smallest absolute Gasteiger partial charge is 0.300 e. The summed E-state index contributed by atoms with van der Waals surface area (Å²) in [5, 5.41) is 10.4. The lowest BCUT2D eigenvalue weighted by Gasteiger charge is -2.00. The Bertz CT molecular complexity index is 242. The molecule has 1 aromatic rings. The molecule has 0 radical (unpaired) electrons. The van der Waals surface area contributed by atoms with Crippen molar-refractivity contribution in [3.8, 4) is 5.75 Å². The minimum Gasteiger partial charge on any atom is -0.497 e. The maximum atomic E-state index is 9.00. The maximum Gasteiger partial charge on any atom is 0.300 e. The van der Waals surface area contributed by atoms with Crippen LogP contribution in [-0.4, -0.2) is 25.2 Å². The zero-order chi connectivity index (χ0) is 11.0. The molecule has 0 unspecified atom stereocenters. The average molecular weight is 197 g/mol. The molecular formula is C10H15NO3. The number of anilines is 1. The topological polar surface area (TPSA) is 58.6 Å². The lowest BCUT2D eigenvalue weighted by Crippen LogP contribution is -1.87. The van der Waals surface area contributed by atoms with E-state index < -0.39 is 5.97 Å². The van der Waals surface area contributed by atoms with Gasteiger partial charge in [-0.05, 0) is 24.3 Å². The van der Waals surface area contributed by atoms with Gasteiger partial charge in [-0.2, -0.15) is 0 Å². The van der Waals surface area contributed by atoms with Crippen LogP contribution in [0.15, 0.2) is 24.3 Å². The lowest BCUT2D eigenvalue weighted by molar-refractivity contribution is -0.134. The van der Waals surface area contributed by atoms with E-state index in [9.17, 15) is 0 Å². The number of hydrogen-bond donors (Lipinski definition) is 2. The van der Waals surface area contributed by atoms with Crippen molar-refractivity contribution in [1.82, 2.24) is 0 Å². The largest absolute Gasteiger partial charge is 0.497 e. The van der Waals surface area contributed by atoms with Crippen LogP contribution in [0.3, 0.4) is 0 Å². The summed E-state index contributed by atoms with van der Waals surface area (Å²) in [6.45, 7) is 1.08. The van der Waals surface area contributed by atoms with Gasteiger partial charge >= 0.3 is 0 Å². The molecule has 0 aromatic heterocycles. The number of aliphatic carboxylic acids is 1. The molecule has 1 rings (SSSR count). The minimum absolute atomic E-state index is 0.833. The number of ether oxygens (including phenoxy) is 1. The molecule has 0 aliphatic rings. The number of nitrogens with one attached hydrogen (secondary N) is 1. The molecule has 4 nitrogen and oxygen atoms in total. The Labute approximate surface area is 83.5 Å². The Kier molecular flexibility index (Phi) is 5.94. The van der Waals surface area contributed by atoms with Gasteiger partial charge in [0.2, 0.25) is 0 Å². The molecule has 0 amide bonds. The molecule has 2 N–H and O–H groups in total. The normalized spacial score (nSPS) is 8.21. The Morgan fingerprint density at radius 1 is 1.36 bits per heavy atom. The zero-order valence-electron chi connectivity index (χ0n) is 8.57. The Morgan fingerprint density at radius 2 is 1.79 bits per heavy atom. The Hall–Kier alpha value is -1.71. The second kappa shape index (κ2) is 6.77. The van der Waals surface area contributed by atoms with E-state index >= 15 is 0 Å². The summed E-state index contributed by atoms with van der Waals surface area (Å²) in [4.78, 5) is 9.00. The molecule has 0 bridgehead atoms. The Morgan fingerprint density at radius 3 is 2.07 bits per heavy atom. The predicted molar refractivity (Wildman–Crippen MR) is 55.9 cm³/mol. The van der Waals surface area contributed by atoms with E-state index in [1.54, 1.807) is 7.11 Å². The highest BCUT2D eigenvalue weighted by Gasteiger charge is 1.88. The van der Waals surface area contributed by atoms with Crippen molar-refractivity contribution in [1.29, 1.82) is 0 Å². The summed E-state index contributed by atoms with van der Waals surface area (Å²) in [5.41, 5.74) is 1.10. The SMILES string of the molecule is CC(=O)O.CNc1ccc(OC)cc1. The third kappa shape index (κ3) is 5.88. The van der Waals surface area contributed by atoms with Crippen LogP contribution >= 0.6 is 0 Å². The molecule has 78 valence electrons. The molecule has 14 heavy (non-hydrogen) atoms. The molecule has 0 atom stereocenters. The van der Waals surface area contributed by atoms with E-state index in [2.05, 4.69) is 5.32 Å². The van der Waals surface area contributed by atoms with Crippen molar-refractivity contribution >= 4 is 11.7 Å². The van der Waals surface area contributed by atoms with Gasteiger partial charge in [-0.25, -0.2) is 0 Å². The maximum absolute atomic E-state index is 9.00. The quantitative estimate of drug-likeness (QED) is 0.759.